The Balaban J connectivity index is 1.34. The van der Waals surface area contributed by atoms with Crippen LogP contribution in [-0.2, 0) is 6.42 Å². The lowest BCUT2D eigenvalue weighted by atomic mass is 10.1. The summed E-state index contributed by atoms with van der Waals surface area (Å²) in [6.45, 7) is 2.22. The normalized spacial score (nSPS) is 15.0. The zero-order valence-electron chi connectivity index (χ0n) is 16.7. The first-order valence-electron chi connectivity index (χ1n) is 9.90. The summed E-state index contributed by atoms with van der Waals surface area (Å²) in [7, 11) is 0. The van der Waals surface area contributed by atoms with Gasteiger partial charge in [0.2, 0.25) is 12.6 Å². The van der Waals surface area contributed by atoms with Crippen LogP contribution in [0.1, 0.15) is 38.8 Å². The van der Waals surface area contributed by atoms with Gasteiger partial charge in [0.05, 0.1) is 11.1 Å². The number of esters is 1. The van der Waals surface area contributed by atoms with Gasteiger partial charge in [-0.2, -0.15) is 0 Å². The Bertz CT molecular complexity index is 1220. The van der Waals surface area contributed by atoms with Crippen LogP contribution in [-0.4, -0.2) is 18.5 Å². The summed E-state index contributed by atoms with van der Waals surface area (Å²) in [6.07, 6.45) is 2.66. The van der Waals surface area contributed by atoms with Crippen molar-refractivity contribution >= 4 is 17.8 Å². The SMILES string of the molecule is CCc1ccc(/C=C2/Oc3cc(OC(=O)c4ccc5c(c4)OCO5)ccc3C2=O)cc1. The van der Waals surface area contributed by atoms with Crippen LogP contribution in [0.3, 0.4) is 0 Å². The summed E-state index contributed by atoms with van der Waals surface area (Å²) in [6, 6.07) is 17.5. The molecule has 6 nitrogen and oxygen atoms in total. The van der Waals surface area contributed by atoms with Gasteiger partial charge in [-0.3, -0.25) is 4.79 Å². The molecule has 0 bridgehead atoms. The maximum absolute atomic E-state index is 12.7. The first kappa shape index (κ1) is 18.9. The molecule has 3 aromatic carbocycles. The minimum absolute atomic E-state index is 0.128. The Morgan fingerprint density at radius 1 is 0.968 bits per heavy atom. The second-order valence-electron chi connectivity index (χ2n) is 7.15. The number of ketones is 1. The number of rotatable bonds is 4. The molecule has 0 unspecified atom stereocenters. The van der Waals surface area contributed by atoms with Crippen molar-refractivity contribution in [2.24, 2.45) is 0 Å². The topological polar surface area (TPSA) is 71.1 Å². The molecule has 2 aliphatic rings. The van der Waals surface area contributed by atoms with Gasteiger partial charge in [0, 0.05) is 6.07 Å². The van der Waals surface area contributed by atoms with E-state index in [1.165, 1.54) is 5.56 Å². The number of hydrogen-bond acceptors (Lipinski definition) is 6. The summed E-state index contributed by atoms with van der Waals surface area (Å²) in [5.74, 6) is 1.21. The van der Waals surface area contributed by atoms with Crippen molar-refractivity contribution in [2.75, 3.05) is 6.79 Å². The van der Waals surface area contributed by atoms with Gasteiger partial charge in [-0.1, -0.05) is 31.2 Å². The minimum atomic E-state index is -0.547. The maximum atomic E-state index is 12.7. The fourth-order valence-electron chi connectivity index (χ4n) is 3.42. The van der Waals surface area contributed by atoms with Gasteiger partial charge in [-0.15, -0.1) is 0 Å². The van der Waals surface area contributed by atoms with Crippen molar-refractivity contribution in [2.45, 2.75) is 13.3 Å². The predicted molar refractivity (Wildman–Crippen MR) is 113 cm³/mol. The molecule has 2 aliphatic heterocycles. The Morgan fingerprint density at radius 3 is 2.58 bits per heavy atom. The van der Waals surface area contributed by atoms with Gasteiger partial charge in [-0.05, 0) is 54.0 Å². The average Bonchev–Trinajstić information content (AvgIpc) is 3.38. The molecule has 0 fully saturated rings. The third kappa shape index (κ3) is 3.64. The van der Waals surface area contributed by atoms with Crippen molar-refractivity contribution in [3.05, 3.63) is 88.7 Å². The Hall–Kier alpha value is -4.06. The summed E-state index contributed by atoms with van der Waals surface area (Å²) in [5.41, 5.74) is 2.86. The Kier molecular flexibility index (Phi) is 4.67. The number of fused-ring (bicyclic) bond motifs is 2. The van der Waals surface area contributed by atoms with E-state index in [0.717, 1.165) is 12.0 Å². The van der Waals surface area contributed by atoms with Crippen molar-refractivity contribution in [1.29, 1.82) is 0 Å². The predicted octanol–water partition coefficient (Wildman–Crippen LogP) is 4.81. The highest BCUT2D eigenvalue weighted by Crippen LogP contribution is 2.36. The smallest absolute Gasteiger partial charge is 0.343 e. The summed E-state index contributed by atoms with van der Waals surface area (Å²) < 4.78 is 21.7. The van der Waals surface area contributed by atoms with Crippen molar-refractivity contribution in [3.8, 4) is 23.0 Å². The number of aryl methyl sites for hydroxylation is 1. The van der Waals surface area contributed by atoms with Crippen molar-refractivity contribution < 1.29 is 28.5 Å². The molecular weight excluding hydrogens is 396 g/mol. The van der Waals surface area contributed by atoms with E-state index in [2.05, 4.69) is 6.92 Å². The monoisotopic (exact) mass is 414 g/mol. The molecule has 0 aliphatic carbocycles. The van der Waals surface area contributed by atoms with E-state index in [-0.39, 0.29) is 24.1 Å². The number of ether oxygens (including phenoxy) is 4. The molecule has 6 heteroatoms. The third-order valence-corrected chi connectivity index (χ3v) is 5.15. The highest BCUT2D eigenvalue weighted by molar-refractivity contribution is 6.14. The molecule has 5 rings (SSSR count). The molecule has 0 atom stereocenters. The Labute approximate surface area is 178 Å². The van der Waals surface area contributed by atoms with E-state index in [0.29, 0.717) is 28.4 Å². The number of carbonyl (C=O) groups excluding carboxylic acids is 2. The summed E-state index contributed by atoms with van der Waals surface area (Å²) in [4.78, 5) is 25.2. The number of Topliss-reactive ketones (excluding diaryl/α,β-unsaturated/α-hetero) is 1. The van der Waals surface area contributed by atoms with Gasteiger partial charge >= 0.3 is 5.97 Å². The minimum Gasteiger partial charge on any atom is -0.454 e. The highest BCUT2D eigenvalue weighted by Gasteiger charge is 2.28. The van der Waals surface area contributed by atoms with Crippen LogP contribution < -0.4 is 18.9 Å². The third-order valence-electron chi connectivity index (χ3n) is 5.15. The van der Waals surface area contributed by atoms with Gasteiger partial charge < -0.3 is 18.9 Å². The lowest BCUT2D eigenvalue weighted by molar-refractivity contribution is 0.0734. The fourth-order valence-corrected chi connectivity index (χ4v) is 3.42. The van der Waals surface area contributed by atoms with Gasteiger partial charge in [0.25, 0.3) is 0 Å². The van der Waals surface area contributed by atoms with E-state index < -0.39 is 5.97 Å². The van der Waals surface area contributed by atoms with Crippen LogP contribution >= 0.6 is 0 Å². The fraction of sp³-hybridized carbons (Fsp3) is 0.120. The zero-order valence-corrected chi connectivity index (χ0v) is 16.7. The van der Waals surface area contributed by atoms with Crippen LogP contribution in [0, 0.1) is 0 Å². The molecule has 0 amide bonds. The van der Waals surface area contributed by atoms with Gasteiger partial charge in [0.15, 0.2) is 17.3 Å². The van der Waals surface area contributed by atoms with E-state index in [1.807, 2.05) is 24.3 Å². The second-order valence-corrected chi connectivity index (χ2v) is 7.15. The van der Waals surface area contributed by atoms with Crippen molar-refractivity contribution in [3.63, 3.8) is 0 Å². The summed E-state index contributed by atoms with van der Waals surface area (Å²) >= 11 is 0. The van der Waals surface area contributed by atoms with Gasteiger partial charge in [-0.25, -0.2) is 4.79 Å². The molecule has 2 heterocycles. The standard InChI is InChI=1S/C25H18O6/c1-2-15-3-5-16(6-4-15)11-23-24(26)19-9-8-18(13-21(19)31-23)30-25(27)17-7-10-20-22(12-17)29-14-28-20/h3-13H,2,14H2,1H3/b23-11+. The first-order valence-corrected chi connectivity index (χ1v) is 9.90. The molecule has 154 valence electrons. The van der Waals surface area contributed by atoms with Crippen LogP contribution in [0.5, 0.6) is 23.0 Å². The lowest BCUT2D eigenvalue weighted by Crippen LogP contribution is -2.08. The molecule has 0 aromatic heterocycles. The largest absolute Gasteiger partial charge is 0.454 e. The number of allylic oxidation sites excluding steroid dienone is 1. The highest BCUT2D eigenvalue weighted by atomic mass is 16.7. The van der Waals surface area contributed by atoms with Crippen LogP contribution in [0.4, 0.5) is 0 Å². The molecule has 0 saturated heterocycles. The molecule has 3 aromatic rings. The lowest BCUT2D eigenvalue weighted by Gasteiger charge is -2.06. The quantitative estimate of drug-likeness (QED) is 0.347. The molecular formula is C25H18O6. The molecule has 31 heavy (non-hydrogen) atoms. The number of carbonyl (C=O) groups is 2. The van der Waals surface area contributed by atoms with Crippen LogP contribution in [0.2, 0.25) is 0 Å². The molecule has 0 radical (unpaired) electrons. The first-order chi connectivity index (χ1) is 15.1. The van der Waals surface area contributed by atoms with E-state index in [9.17, 15) is 9.59 Å². The molecule has 0 N–H and O–H groups in total. The summed E-state index contributed by atoms with van der Waals surface area (Å²) in [5, 5.41) is 0. The second kappa shape index (κ2) is 7.65. The van der Waals surface area contributed by atoms with Crippen LogP contribution in [0.25, 0.3) is 6.08 Å². The number of hydrogen-bond donors (Lipinski definition) is 0. The van der Waals surface area contributed by atoms with Crippen LogP contribution in [0.15, 0.2) is 66.4 Å². The van der Waals surface area contributed by atoms with Crippen molar-refractivity contribution in [1.82, 2.24) is 0 Å². The van der Waals surface area contributed by atoms with E-state index >= 15 is 0 Å². The average molecular weight is 414 g/mol. The van der Waals surface area contributed by atoms with Gasteiger partial charge in [0.1, 0.15) is 11.5 Å². The van der Waals surface area contributed by atoms with E-state index in [4.69, 9.17) is 18.9 Å². The maximum Gasteiger partial charge on any atom is 0.343 e. The molecule has 0 saturated carbocycles. The van der Waals surface area contributed by atoms with E-state index in [1.54, 1.807) is 42.5 Å². The number of benzene rings is 3. The zero-order chi connectivity index (χ0) is 21.4. The molecule has 0 spiro atoms. The Morgan fingerprint density at radius 2 is 1.77 bits per heavy atom.